The van der Waals surface area contributed by atoms with Crippen LogP contribution < -0.4 is 16.4 Å². The highest BCUT2D eigenvalue weighted by Gasteiger charge is 2.23. The van der Waals surface area contributed by atoms with E-state index in [0.717, 1.165) is 25.7 Å². The summed E-state index contributed by atoms with van der Waals surface area (Å²) in [6, 6.07) is 6.37. The quantitative estimate of drug-likeness (QED) is 0.790. The molecule has 1 aliphatic rings. The number of hydrogen-bond donors (Lipinski definition) is 3. The molecule has 1 saturated carbocycles. The summed E-state index contributed by atoms with van der Waals surface area (Å²) in [5.41, 5.74) is 6.33. The Bertz CT molecular complexity index is 525. The monoisotopic (exact) mass is 323 g/mol. The molecule has 0 radical (unpaired) electrons. The van der Waals surface area contributed by atoms with E-state index in [1.807, 2.05) is 0 Å². The van der Waals surface area contributed by atoms with Gasteiger partial charge in [-0.1, -0.05) is 11.6 Å². The third kappa shape index (κ3) is 4.71. The summed E-state index contributed by atoms with van der Waals surface area (Å²) in [7, 11) is 0. The number of amides is 2. The van der Waals surface area contributed by atoms with E-state index in [9.17, 15) is 9.59 Å². The SMILES string of the molecule is CC(NC(=O)c1ccc(Cl)cc1)C(=O)NC1CCC(N)CC1. The first-order chi connectivity index (χ1) is 10.5. The second-order valence-electron chi connectivity index (χ2n) is 5.82. The lowest BCUT2D eigenvalue weighted by Crippen LogP contribution is -2.49. The van der Waals surface area contributed by atoms with Gasteiger partial charge in [-0.3, -0.25) is 9.59 Å². The van der Waals surface area contributed by atoms with Crippen molar-refractivity contribution in [1.82, 2.24) is 10.6 Å². The molecule has 1 fully saturated rings. The first-order valence-electron chi connectivity index (χ1n) is 7.58. The summed E-state index contributed by atoms with van der Waals surface area (Å²) in [6.45, 7) is 1.68. The van der Waals surface area contributed by atoms with Crippen molar-refractivity contribution in [2.24, 2.45) is 5.73 Å². The number of carbonyl (C=O) groups excluding carboxylic acids is 2. The zero-order valence-electron chi connectivity index (χ0n) is 12.6. The van der Waals surface area contributed by atoms with Crippen molar-refractivity contribution in [2.75, 3.05) is 0 Å². The van der Waals surface area contributed by atoms with Crippen LogP contribution in [-0.4, -0.2) is 29.9 Å². The van der Waals surface area contributed by atoms with Crippen LogP contribution in [0.1, 0.15) is 43.0 Å². The second kappa shape index (κ2) is 7.61. The second-order valence-corrected chi connectivity index (χ2v) is 6.26. The number of benzene rings is 1. The molecule has 2 rings (SSSR count). The maximum absolute atomic E-state index is 12.1. The van der Waals surface area contributed by atoms with Crippen LogP contribution in [0.3, 0.4) is 0 Å². The molecule has 0 aromatic heterocycles. The van der Waals surface area contributed by atoms with Crippen molar-refractivity contribution in [3.8, 4) is 0 Å². The van der Waals surface area contributed by atoms with Crippen LogP contribution in [0.2, 0.25) is 5.02 Å². The highest BCUT2D eigenvalue weighted by molar-refractivity contribution is 6.30. The van der Waals surface area contributed by atoms with Crippen molar-refractivity contribution in [3.05, 3.63) is 34.9 Å². The van der Waals surface area contributed by atoms with Crippen LogP contribution in [0.5, 0.6) is 0 Å². The lowest BCUT2D eigenvalue weighted by atomic mass is 9.91. The van der Waals surface area contributed by atoms with Crippen LogP contribution >= 0.6 is 11.6 Å². The van der Waals surface area contributed by atoms with E-state index in [2.05, 4.69) is 10.6 Å². The maximum Gasteiger partial charge on any atom is 0.251 e. The van der Waals surface area contributed by atoms with E-state index < -0.39 is 6.04 Å². The van der Waals surface area contributed by atoms with Crippen molar-refractivity contribution < 1.29 is 9.59 Å². The first-order valence-corrected chi connectivity index (χ1v) is 7.96. The average Bonchev–Trinajstić information content (AvgIpc) is 2.50. The highest BCUT2D eigenvalue weighted by atomic mass is 35.5. The minimum Gasteiger partial charge on any atom is -0.352 e. The predicted molar refractivity (Wildman–Crippen MR) is 86.8 cm³/mol. The third-order valence-electron chi connectivity index (χ3n) is 3.97. The number of nitrogens with one attached hydrogen (secondary N) is 2. The molecule has 1 aliphatic carbocycles. The number of rotatable bonds is 4. The Balaban J connectivity index is 1.83. The minimum atomic E-state index is -0.584. The van der Waals surface area contributed by atoms with E-state index in [1.165, 1.54) is 0 Å². The number of carbonyl (C=O) groups is 2. The molecule has 1 aromatic rings. The lowest BCUT2D eigenvalue weighted by Gasteiger charge is -2.28. The Morgan fingerprint density at radius 1 is 1.18 bits per heavy atom. The van der Waals surface area contributed by atoms with Crippen molar-refractivity contribution in [3.63, 3.8) is 0 Å². The van der Waals surface area contributed by atoms with Gasteiger partial charge in [0.25, 0.3) is 5.91 Å². The topological polar surface area (TPSA) is 84.2 Å². The number of nitrogens with two attached hydrogens (primary N) is 1. The standard InChI is InChI=1S/C16H22ClN3O2/c1-10(15(21)20-14-8-6-13(18)7-9-14)19-16(22)11-2-4-12(17)5-3-11/h2-5,10,13-14H,6-9,18H2,1H3,(H,19,22)(H,20,21). The molecular formula is C16H22ClN3O2. The Kier molecular flexibility index (Phi) is 5.80. The van der Waals surface area contributed by atoms with E-state index in [4.69, 9.17) is 17.3 Å². The van der Waals surface area contributed by atoms with Crippen LogP contribution in [0.4, 0.5) is 0 Å². The molecule has 0 spiro atoms. The zero-order chi connectivity index (χ0) is 16.1. The molecule has 1 atom stereocenters. The van der Waals surface area contributed by atoms with Crippen molar-refractivity contribution >= 4 is 23.4 Å². The molecule has 0 bridgehead atoms. The predicted octanol–water partition coefficient (Wildman–Crippen LogP) is 1.84. The Hall–Kier alpha value is -1.59. The lowest BCUT2D eigenvalue weighted by molar-refractivity contribution is -0.123. The molecule has 2 amide bonds. The fourth-order valence-corrected chi connectivity index (χ4v) is 2.66. The summed E-state index contributed by atoms with van der Waals surface area (Å²) in [5.74, 6) is -0.451. The van der Waals surface area contributed by atoms with Crippen molar-refractivity contribution in [1.29, 1.82) is 0 Å². The van der Waals surface area contributed by atoms with Crippen molar-refractivity contribution in [2.45, 2.75) is 50.7 Å². The van der Waals surface area contributed by atoms with E-state index in [-0.39, 0.29) is 23.9 Å². The smallest absolute Gasteiger partial charge is 0.251 e. The van der Waals surface area contributed by atoms with E-state index in [1.54, 1.807) is 31.2 Å². The summed E-state index contributed by atoms with van der Waals surface area (Å²) < 4.78 is 0. The fraction of sp³-hybridized carbons (Fsp3) is 0.500. The van der Waals surface area contributed by atoms with Gasteiger partial charge in [0.1, 0.15) is 6.04 Å². The molecule has 1 unspecified atom stereocenters. The molecule has 22 heavy (non-hydrogen) atoms. The van der Waals surface area contributed by atoms with E-state index >= 15 is 0 Å². The van der Waals surface area contributed by atoms with Gasteiger partial charge < -0.3 is 16.4 Å². The van der Waals surface area contributed by atoms with Crippen LogP contribution in [-0.2, 0) is 4.79 Å². The number of hydrogen-bond acceptors (Lipinski definition) is 3. The molecule has 1 aromatic carbocycles. The highest BCUT2D eigenvalue weighted by Crippen LogP contribution is 2.17. The molecule has 6 heteroatoms. The van der Waals surface area contributed by atoms with Gasteiger partial charge in [-0.15, -0.1) is 0 Å². The van der Waals surface area contributed by atoms with Gasteiger partial charge >= 0.3 is 0 Å². The summed E-state index contributed by atoms with van der Waals surface area (Å²) >= 11 is 5.79. The summed E-state index contributed by atoms with van der Waals surface area (Å²) in [4.78, 5) is 24.2. The number of halogens is 1. The fourth-order valence-electron chi connectivity index (χ4n) is 2.54. The molecule has 0 heterocycles. The Morgan fingerprint density at radius 2 is 1.77 bits per heavy atom. The van der Waals surface area contributed by atoms with E-state index in [0.29, 0.717) is 10.6 Å². The van der Waals surface area contributed by atoms with Gasteiger partial charge in [-0.2, -0.15) is 0 Å². The largest absolute Gasteiger partial charge is 0.352 e. The van der Waals surface area contributed by atoms with Gasteiger partial charge in [0.05, 0.1) is 0 Å². The third-order valence-corrected chi connectivity index (χ3v) is 4.22. The Morgan fingerprint density at radius 3 is 2.36 bits per heavy atom. The Labute approximate surface area is 135 Å². The first kappa shape index (κ1) is 16.8. The summed E-state index contributed by atoms with van der Waals surface area (Å²) in [5, 5.41) is 6.24. The molecule has 120 valence electrons. The maximum atomic E-state index is 12.1. The van der Waals surface area contributed by atoms with Gasteiger partial charge in [-0.05, 0) is 56.9 Å². The average molecular weight is 324 g/mol. The van der Waals surface area contributed by atoms with Gasteiger partial charge in [0.2, 0.25) is 5.91 Å². The molecule has 0 aliphatic heterocycles. The van der Waals surface area contributed by atoms with Gasteiger partial charge in [-0.25, -0.2) is 0 Å². The molecule has 4 N–H and O–H groups in total. The van der Waals surface area contributed by atoms with Crippen LogP contribution in [0, 0.1) is 0 Å². The zero-order valence-corrected chi connectivity index (χ0v) is 13.4. The minimum absolute atomic E-state index is 0.155. The molecule has 5 nitrogen and oxygen atoms in total. The molecule has 0 saturated heterocycles. The summed E-state index contributed by atoms with van der Waals surface area (Å²) in [6.07, 6.45) is 3.64. The van der Waals surface area contributed by atoms with Crippen LogP contribution in [0.15, 0.2) is 24.3 Å². The van der Waals surface area contributed by atoms with Gasteiger partial charge in [0.15, 0.2) is 0 Å². The van der Waals surface area contributed by atoms with Gasteiger partial charge in [0, 0.05) is 22.7 Å². The van der Waals surface area contributed by atoms with Crippen LogP contribution in [0.25, 0.3) is 0 Å². The molecular weight excluding hydrogens is 302 g/mol. The normalized spacial score (nSPS) is 22.7.